The van der Waals surface area contributed by atoms with Gasteiger partial charge < -0.3 is 4.74 Å². The lowest BCUT2D eigenvalue weighted by Crippen LogP contribution is -2.35. The molecule has 0 N–H and O–H groups in total. The van der Waals surface area contributed by atoms with Gasteiger partial charge in [0.1, 0.15) is 0 Å². The van der Waals surface area contributed by atoms with Crippen LogP contribution in [0.15, 0.2) is 0 Å². The molecule has 1 saturated carbocycles. The topological polar surface area (TPSA) is 46.6 Å². The molecule has 4 aliphatic rings. The summed E-state index contributed by atoms with van der Waals surface area (Å²) in [6.45, 7) is 0. The van der Waals surface area contributed by atoms with Crippen LogP contribution in [0.25, 0.3) is 0 Å². The third-order valence-electron chi connectivity index (χ3n) is 4.23. The minimum Gasteiger partial charge on any atom is -0.373 e. The van der Waals surface area contributed by atoms with Gasteiger partial charge in [-0.05, 0) is 25.7 Å². The fraction of sp³-hybridized carbons (Fsp3) is 0.818. The van der Waals surface area contributed by atoms with Crippen LogP contribution >= 0.6 is 0 Å². The van der Waals surface area contributed by atoms with Crippen molar-refractivity contribution >= 4 is 11.8 Å². The lowest BCUT2D eigenvalue weighted by molar-refractivity contribution is -0.143. The summed E-state index contributed by atoms with van der Waals surface area (Å²) < 4.78 is 5.66. The zero-order valence-corrected chi connectivity index (χ0v) is 8.39. The third kappa shape index (κ3) is 0.869. The van der Waals surface area contributed by atoms with Crippen molar-refractivity contribution in [2.45, 2.75) is 43.9 Å². The highest BCUT2D eigenvalue weighted by atomic mass is 16.5. The molecule has 0 aromatic heterocycles. The molecule has 0 aromatic rings. The fourth-order valence-electron chi connectivity index (χ4n) is 3.43. The summed E-state index contributed by atoms with van der Waals surface area (Å²) in [6, 6.07) is 0.231. The molecule has 4 rings (SSSR count). The van der Waals surface area contributed by atoms with Gasteiger partial charge in [0, 0.05) is 6.04 Å². The molecule has 1 aliphatic carbocycles. The molecule has 3 heterocycles. The van der Waals surface area contributed by atoms with Crippen molar-refractivity contribution in [1.29, 1.82) is 0 Å². The van der Waals surface area contributed by atoms with Crippen molar-refractivity contribution in [2.75, 3.05) is 0 Å². The van der Waals surface area contributed by atoms with Crippen LogP contribution in [-0.4, -0.2) is 35.0 Å². The van der Waals surface area contributed by atoms with Crippen LogP contribution in [0.1, 0.15) is 25.7 Å². The van der Waals surface area contributed by atoms with Crippen molar-refractivity contribution in [3.05, 3.63) is 0 Å². The molecule has 80 valence electrons. The van der Waals surface area contributed by atoms with Gasteiger partial charge in [0.2, 0.25) is 11.8 Å². The number of rotatable bonds is 1. The summed E-state index contributed by atoms with van der Waals surface area (Å²) in [4.78, 5) is 25.7. The molecule has 0 unspecified atom stereocenters. The number of fused-ring (bicyclic) bond motifs is 5. The zero-order valence-electron chi connectivity index (χ0n) is 8.39. The minimum atomic E-state index is -0.128. The largest absolute Gasteiger partial charge is 0.373 e. The third-order valence-corrected chi connectivity index (χ3v) is 4.23. The van der Waals surface area contributed by atoms with E-state index in [4.69, 9.17) is 4.74 Å². The Hall–Kier alpha value is -0.900. The second-order valence-electron chi connectivity index (χ2n) is 5.12. The molecule has 0 radical (unpaired) electrons. The predicted octanol–water partition coefficient (Wildman–Crippen LogP) is 0.311. The van der Waals surface area contributed by atoms with E-state index in [9.17, 15) is 9.59 Å². The first-order valence-corrected chi connectivity index (χ1v) is 5.80. The molecule has 4 heteroatoms. The number of amides is 2. The van der Waals surface area contributed by atoms with Crippen LogP contribution in [0.5, 0.6) is 0 Å². The van der Waals surface area contributed by atoms with Gasteiger partial charge in [0.25, 0.3) is 0 Å². The normalized spacial score (nSPS) is 47.9. The first-order valence-electron chi connectivity index (χ1n) is 5.80. The number of nitrogens with zero attached hydrogens (tertiary/aromatic N) is 1. The maximum atomic E-state index is 12.1. The quantitative estimate of drug-likeness (QED) is 0.581. The lowest BCUT2D eigenvalue weighted by Gasteiger charge is -2.16. The highest BCUT2D eigenvalue weighted by Crippen LogP contribution is 2.50. The summed E-state index contributed by atoms with van der Waals surface area (Å²) in [5.74, 6) is -0.145. The van der Waals surface area contributed by atoms with Crippen LogP contribution in [0.3, 0.4) is 0 Å². The van der Waals surface area contributed by atoms with E-state index in [1.165, 1.54) is 0 Å². The summed E-state index contributed by atoms with van der Waals surface area (Å²) in [5.41, 5.74) is 0. The summed E-state index contributed by atoms with van der Waals surface area (Å²) in [5, 5.41) is 0. The molecular weight excluding hydrogens is 194 g/mol. The maximum Gasteiger partial charge on any atom is 0.236 e. The first-order chi connectivity index (χ1) is 7.27. The molecule has 2 bridgehead atoms. The van der Waals surface area contributed by atoms with Crippen molar-refractivity contribution in [1.82, 2.24) is 4.90 Å². The van der Waals surface area contributed by atoms with E-state index in [0.717, 1.165) is 25.7 Å². The van der Waals surface area contributed by atoms with Gasteiger partial charge in [-0.15, -0.1) is 0 Å². The highest BCUT2D eigenvalue weighted by Gasteiger charge is 2.64. The van der Waals surface area contributed by atoms with E-state index in [-0.39, 0.29) is 41.9 Å². The number of hydrogen-bond acceptors (Lipinski definition) is 3. The second-order valence-corrected chi connectivity index (χ2v) is 5.12. The predicted molar refractivity (Wildman–Crippen MR) is 49.8 cm³/mol. The minimum absolute atomic E-state index is 0.0419. The van der Waals surface area contributed by atoms with Gasteiger partial charge in [0.15, 0.2) is 0 Å². The van der Waals surface area contributed by atoms with Crippen molar-refractivity contribution in [2.24, 2.45) is 11.8 Å². The Labute approximate surface area is 87.6 Å². The summed E-state index contributed by atoms with van der Waals surface area (Å²) >= 11 is 0. The Morgan fingerprint density at radius 2 is 1.47 bits per heavy atom. The number of ether oxygens (including phenoxy) is 1. The number of hydrogen-bond donors (Lipinski definition) is 0. The van der Waals surface area contributed by atoms with E-state index in [1.54, 1.807) is 4.90 Å². The van der Waals surface area contributed by atoms with Crippen molar-refractivity contribution < 1.29 is 14.3 Å². The van der Waals surface area contributed by atoms with Crippen molar-refractivity contribution in [3.8, 4) is 0 Å². The van der Waals surface area contributed by atoms with Crippen LogP contribution in [0.2, 0.25) is 0 Å². The van der Waals surface area contributed by atoms with Crippen LogP contribution < -0.4 is 0 Å². The number of likely N-dealkylation sites (tertiary alicyclic amines) is 1. The van der Waals surface area contributed by atoms with Crippen LogP contribution in [-0.2, 0) is 14.3 Å². The number of carbonyl (C=O) groups is 2. The molecule has 3 aliphatic heterocycles. The van der Waals surface area contributed by atoms with E-state index >= 15 is 0 Å². The Morgan fingerprint density at radius 1 is 0.933 bits per heavy atom. The van der Waals surface area contributed by atoms with Crippen LogP contribution in [0, 0.1) is 11.8 Å². The van der Waals surface area contributed by atoms with Crippen molar-refractivity contribution in [3.63, 3.8) is 0 Å². The van der Waals surface area contributed by atoms with Gasteiger partial charge in [-0.1, -0.05) is 0 Å². The van der Waals surface area contributed by atoms with Gasteiger partial charge in [-0.2, -0.15) is 0 Å². The van der Waals surface area contributed by atoms with E-state index < -0.39 is 0 Å². The SMILES string of the molecule is O=C1[C@H]2[C@H](C(=O)N1C1CC1)[C@H]1CC[C@H]2O1. The Bertz CT molecular complexity index is 335. The molecule has 4 nitrogen and oxygen atoms in total. The summed E-state index contributed by atoms with van der Waals surface area (Å²) in [7, 11) is 0. The molecule has 0 spiro atoms. The highest BCUT2D eigenvalue weighted by molar-refractivity contribution is 6.06. The molecule has 2 amide bonds. The lowest BCUT2D eigenvalue weighted by atomic mass is 9.81. The fourth-order valence-corrected chi connectivity index (χ4v) is 3.43. The van der Waals surface area contributed by atoms with E-state index in [2.05, 4.69) is 0 Å². The zero-order chi connectivity index (χ0) is 10.2. The van der Waals surface area contributed by atoms with Crippen LogP contribution in [0.4, 0.5) is 0 Å². The number of imide groups is 1. The molecular formula is C11H13NO3. The molecule has 15 heavy (non-hydrogen) atoms. The van der Waals surface area contributed by atoms with E-state index in [1.807, 2.05) is 0 Å². The standard InChI is InChI=1S/C11H13NO3/c13-10-8-6-3-4-7(15-6)9(8)11(14)12(10)5-1-2-5/h5-9H,1-4H2/t6-,7-,8-,9-/m1/s1. The monoisotopic (exact) mass is 207 g/mol. The smallest absolute Gasteiger partial charge is 0.236 e. The first kappa shape index (κ1) is 8.28. The van der Waals surface area contributed by atoms with Gasteiger partial charge in [0.05, 0.1) is 24.0 Å². The maximum absolute atomic E-state index is 12.1. The Balaban J connectivity index is 1.74. The second kappa shape index (κ2) is 2.43. The van der Waals surface area contributed by atoms with Gasteiger partial charge in [-0.25, -0.2) is 0 Å². The average molecular weight is 207 g/mol. The Kier molecular flexibility index (Phi) is 1.34. The summed E-state index contributed by atoms with van der Waals surface area (Å²) in [6.07, 6.45) is 4.02. The number of carbonyl (C=O) groups excluding carboxylic acids is 2. The molecule has 4 atom stereocenters. The van der Waals surface area contributed by atoms with Gasteiger partial charge in [-0.3, -0.25) is 14.5 Å². The Morgan fingerprint density at radius 3 is 1.93 bits per heavy atom. The molecule has 3 saturated heterocycles. The average Bonchev–Trinajstić information content (AvgIpc) is 2.75. The molecule has 4 fully saturated rings. The van der Waals surface area contributed by atoms with Gasteiger partial charge >= 0.3 is 0 Å². The molecule has 0 aromatic carbocycles. The van der Waals surface area contributed by atoms with E-state index in [0.29, 0.717) is 0 Å².